The van der Waals surface area contributed by atoms with Crippen molar-refractivity contribution >= 4 is 7.60 Å². The van der Waals surface area contributed by atoms with E-state index < -0.39 is 13.9 Å². The molecular formula is C6H13O5P. The van der Waals surface area contributed by atoms with E-state index in [4.69, 9.17) is 19.6 Å². The van der Waals surface area contributed by atoms with Gasteiger partial charge in [0.25, 0.3) is 0 Å². The molecule has 72 valence electrons. The van der Waals surface area contributed by atoms with Crippen molar-refractivity contribution in [3.05, 3.63) is 0 Å². The molecule has 0 aromatic carbocycles. The Morgan fingerprint density at radius 2 is 2.00 bits per heavy atom. The van der Waals surface area contributed by atoms with Crippen LogP contribution in [0.4, 0.5) is 0 Å². The number of hydrogen-bond acceptors (Lipinski definition) is 3. The Labute approximate surface area is 70.5 Å². The Morgan fingerprint density at radius 3 is 2.33 bits per heavy atom. The third kappa shape index (κ3) is 3.21. The fraction of sp³-hybridized carbons (Fsp3) is 1.00. The van der Waals surface area contributed by atoms with E-state index in [1.807, 2.05) is 0 Å². The average molecular weight is 196 g/mol. The van der Waals surface area contributed by atoms with Crippen molar-refractivity contribution in [1.29, 1.82) is 0 Å². The standard InChI is InChI=1S/C6H13O5P/c7-3-6(1-2-6)4-11-5-12(8,9)10/h7H,1-5H2,(H2,8,9,10). The lowest BCUT2D eigenvalue weighted by Gasteiger charge is -2.12. The Morgan fingerprint density at radius 1 is 1.42 bits per heavy atom. The molecule has 3 N–H and O–H groups in total. The third-order valence-electron chi connectivity index (χ3n) is 1.96. The van der Waals surface area contributed by atoms with Gasteiger partial charge < -0.3 is 19.6 Å². The van der Waals surface area contributed by atoms with Crippen molar-refractivity contribution in [2.75, 3.05) is 19.6 Å². The van der Waals surface area contributed by atoms with Gasteiger partial charge in [-0.15, -0.1) is 0 Å². The second-order valence-corrected chi connectivity index (χ2v) is 4.89. The summed E-state index contributed by atoms with van der Waals surface area (Å²) in [6.45, 7) is 0.281. The molecule has 1 saturated carbocycles. The Kier molecular flexibility index (Phi) is 2.91. The van der Waals surface area contributed by atoms with Crippen molar-refractivity contribution in [1.82, 2.24) is 0 Å². The predicted octanol–water partition coefficient (Wildman–Crippen LogP) is -0.0893. The number of aliphatic hydroxyl groups is 1. The molecule has 0 amide bonds. The fourth-order valence-corrected chi connectivity index (χ4v) is 1.24. The number of aliphatic hydroxyl groups excluding tert-OH is 1. The summed E-state index contributed by atoms with van der Waals surface area (Å²) in [5, 5.41) is 8.81. The molecule has 0 atom stereocenters. The molecule has 6 heteroatoms. The molecule has 1 aliphatic carbocycles. The highest BCUT2D eigenvalue weighted by atomic mass is 31.2. The fourth-order valence-electron chi connectivity index (χ4n) is 0.906. The molecule has 0 radical (unpaired) electrons. The zero-order valence-corrected chi connectivity index (χ0v) is 7.54. The van der Waals surface area contributed by atoms with Crippen molar-refractivity contribution in [2.24, 2.45) is 5.41 Å². The third-order valence-corrected chi connectivity index (χ3v) is 2.48. The molecule has 0 aliphatic heterocycles. The molecule has 0 heterocycles. The summed E-state index contributed by atoms with van der Waals surface area (Å²) in [5.74, 6) is 0. The second kappa shape index (κ2) is 3.44. The van der Waals surface area contributed by atoms with Crippen LogP contribution in [0.25, 0.3) is 0 Å². The highest BCUT2D eigenvalue weighted by Gasteiger charge is 2.42. The maximum Gasteiger partial charge on any atom is 0.350 e. The van der Waals surface area contributed by atoms with Crippen molar-refractivity contribution < 1.29 is 24.2 Å². The molecule has 0 aromatic heterocycles. The monoisotopic (exact) mass is 196 g/mol. The van der Waals surface area contributed by atoms with Gasteiger partial charge in [-0.1, -0.05) is 0 Å². The summed E-state index contributed by atoms with van der Waals surface area (Å²) in [4.78, 5) is 16.9. The van der Waals surface area contributed by atoms with Crippen LogP contribution in [0.1, 0.15) is 12.8 Å². The number of rotatable bonds is 5. The van der Waals surface area contributed by atoms with Gasteiger partial charge in [0.1, 0.15) is 6.35 Å². The number of hydrogen-bond donors (Lipinski definition) is 3. The smallest absolute Gasteiger partial charge is 0.350 e. The minimum atomic E-state index is -4.04. The molecule has 0 bridgehead atoms. The summed E-state index contributed by atoms with van der Waals surface area (Å²) in [7, 11) is -4.04. The van der Waals surface area contributed by atoms with Gasteiger partial charge in [-0.25, -0.2) is 0 Å². The van der Waals surface area contributed by atoms with E-state index >= 15 is 0 Å². The minimum absolute atomic E-state index is 0.0359. The van der Waals surface area contributed by atoms with E-state index in [2.05, 4.69) is 0 Å². The molecular weight excluding hydrogens is 183 g/mol. The van der Waals surface area contributed by atoms with Crippen LogP contribution in [0.5, 0.6) is 0 Å². The van der Waals surface area contributed by atoms with Crippen LogP contribution in [0.2, 0.25) is 0 Å². The van der Waals surface area contributed by atoms with Gasteiger partial charge in [0, 0.05) is 5.41 Å². The zero-order valence-electron chi connectivity index (χ0n) is 6.64. The van der Waals surface area contributed by atoms with Gasteiger partial charge in [-0.3, -0.25) is 4.57 Å². The van der Waals surface area contributed by atoms with Crippen molar-refractivity contribution in [2.45, 2.75) is 12.8 Å². The lowest BCUT2D eigenvalue weighted by atomic mass is 10.1. The van der Waals surface area contributed by atoms with Crippen LogP contribution in [0.15, 0.2) is 0 Å². The lowest BCUT2D eigenvalue weighted by Crippen LogP contribution is -2.15. The van der Waals surface area contributed by atoms with E-state index in [1.54, 1.807) is 0 Å². The molecule has 0 saturated heterocycles. The van der Waals surface area contributed by atoms with E-state index in [-0.39, 0.29) is 18.6 Å². The van der Waals surface area contributed by atoms with Gasteiger partial charge in [0.2, 0.25) is 0 Å². The predicted molar refractivity (Wildman–Crippen MR) is 41.6 cm³/mol. The summed E-state index contributed by atoms with van der Waals surface area (Å²) >= 11 is 0. The van der Waals surface area contributed by atoms with Gasteiger partial charge in [0.05, 0.1) is 13.2 Å². The second-order valence-electron chi connectivity index (χ2n) is 3.30. The van der Waals surface area contributed by atoms with Crippen LogP contribution in [0, 0.1) is 5.41 Å². The summed E-state index contributed by atoms with van der Waals surface area (Å²) in [5.41, 5.74) is -0.199. The van der Waals surface area contributed by atoms with Crippen LogP contribution >= 0.6 is 7.60 Å². The maximum atomic E-state index is 10.3. The molecule has 0 aromatic rings. The maximum absolute atomic E-state index is 10.3. The highest BCUT2D eigenvalue weighted by molar-refractivity contribution is 7.51. The molecule has 0 spiro atoms. The Balaban J connectivity index is 2.15. The summed E-state index contributed by atoms with van der Waals surface area (Å²) in [6.07, 6.45) is 1.21. The first kappa shape index (κ1) is 10.2. The van der Waals surface area contributed by atoms with Crippen molar-refractivity contribution in [3.63, 3.8) is 0 Å². The summed E-state index contributed by atoms with van der Waals surface area (Å²) in [6, 6.07) is 0. The topological polar surface area (TPSA) is 87.0 Å². The van der Waals surface area contributed by atoms with Crippen LogP contribution in [-0.4, -0.2) is 34.5 Å². The Bertz CT molecular complexity index is 194. The number of ether oxygens (including phenoxy) is 1. The van der Waals surface area contributed by atoms with E-state index in [0.717, 1.165) is 12.8 Å². The van der Waals surface area contributed by atoms with Gasteiger partial charge in [-0.2, -0.15) is 0 Å². The largest absolute Gasteiger partial charge is 0.396 e. The lowest BCUT2D eigenvalue weighted by molar-refractivity contribution is 0.0773. The van der Waals surface area contributed by atoms with Gasteiger partial charge in [0.15, 0.2) is 0 Å². The zero-order chi connectivity index (χ0) is 9.24. The molecule has 1 rings (SSSR count). The molecule has 12 heavy (non-hydrogen) atoms. The SMILES string of the molecule is O=P(O)(O)COCC1(CO)CC1. The van der Waals surface area contributed by atoms with Gasteiger partial charge in [-0.05, 0) is 12.8 Å². The van der Waals surface area contributed by atoms with Crippen LogP contribution < -0.4 is 0 Å². The van der Waals surface area contributed by atoms with E-state index in [1.165, 1.54) is 0 Å². The van der Waals surface area contributed by atoms with Crippen LogP contribution in [-0.2, 0) is 9.30 Å². The normalized spacial score (nSPS) is 20.9. The van der Waals surface area contributed by atoms with E-state index in [9.17, 15) is 4.57 Å². The first-order valence-electron chi connectivity index (χ1n) is 3.71. The highest BCUT2D eigenvalue weighted by Crippen LogP contribution is 2.46. The first-order chi connectivity index (χ1) is 5.47. The van der Waals surface area contributed by atoms with Gasteiger partial charge >= 0.3 is 7.60 Å². The first-order valence-corrected chi connectivity index (χ1v) is 5.50. The van der Waals surface area contributed by atoms with Crippen molar-refractivity contribution in [3.8, 4) is 0 Å². The van der Waals surface area contributed by atoms with Crippen LogP contribution in [0.3, 0.4) is 0 Å². The molecule has 0 unspecified atom stereocenters. The quantitative estimate of drug-likeness (QED) is 0.535. The Hall–Kier alpha value is 0.0700. The van der Waals surface area contributed by atoms with E-state index in [0.29, 0.717) is 0 Å². The minimum Gasteiger partial charge on any atom is -0.396 e. The molecule has 1 aliphatic rings. The molecule has 5 nitrogen and oxygen atoms in total. The summed E-state index contributed by atoms with van der Waals surface area (Å²) < 4.78 is 15.1. The molecule has 1 fully saturated rings. The average Bonchev–Trinajstić information content (AvgIpc) is 2.67.